The summed E-state index contributed by atoms with van der Waals surface area (Å²) in [5, 5.41) is 7.39. The van der Waals surface area contributed by atoms with Gasteiger partial charge in [0.1, 0.15) is 5.75 Å². The van der Waals surface area contributed by atoms with E-state index in [4.69, 9.17) is 13.8 Å². The molecular formula is C20H21N2O4P. The Hall–Kier alpha value is -2.40. The Morgan fingerprint density at radius 1 is 1.04 bits per heavy atom. The number of para-hydroxylation sites is 1. The number of ether oxygens (including phenoxy) is 1. The molecule has 27 heavy (non-hydrogen) atoms. The van der Waals surface area contributed by atoms with Gasteiger partial charge in [0, 0.05) is 11.1 Å². The van der Waals surface area contributed by atoms with Crippen LogP contribution in [0.3, 0.4) is 0 Å². The standard InChI is InChI=1S/C20H21N2O4P/c1-3-24-27(23,25-4-2)20-17-15-12-8-9-13-16(15)26-19(18(17)21-22-20)14-10-6-5-7-11-14/h5-13,19H,3-4H2,1-2H3,(H,21,22). The van der Waals surface area contributed by atoms with Gasteiger partial charge < -0.3 is 13.8 Å². The molecule has 0 bridgehead atoms. The zero-order chi connectivity index (χ0) is 18.9. The molecule has 0 aliphatic carbocycles. The monoisotopic (exact) mass is 384 g/mol. The number of aromatic amines is 1. The van der Waals surface area contributed by atoms with Crippen molar-refractivity contribution in [3.8, 4) is 16.9 Å². The minimum atomic E-state index is -3.56. The topological polar surface area (TPSA) is 73.4 Å². The van der Waals surface area contributed by atoms with Crippen LogP contribution in [0.5, 0.6) is 5.75 Å². The van der Waals surface area contributed by atoms with E-state index in [0.717, 1.165) is 22.4 Å². The molecule has 140 valence electrons. The van der Waals surface area contributed by atoms with E-state index in [2.05, 4.69) is 10.2 Å². The predicted molar refractivity (Wildman–Crippen MR) is 103 cm³/mol. The Balaban J connectivity index is 1.93. The molecule has 2 heterocycles. The van der Waals surface area contributed by atoms with Gasteiger partial charge in [0.25, 0.3) is 0 Å². The number of hydrogen-bond acceptors (Lipinski definition) is 5. The van der Waals surface area contributed by atoms with Gasteiger partial charge in [-0.25, -0.2) is 0 Å². The second-order valence-electron chi connectivity index (χ2n) is 6.07. The van der Waals surface area contributed by atoms with E-state index in [1.54, 1.807) is 13.8 Å². The molecule has 0 radical (unpaired) electrons. The first-order valence-electron chi connectivity index (χ1n) is 8.97. The van der Waals surface area contributed by atoms with Crippen molar-refractivity contribution < 1.29 is 18.3 Å². The molecule has 0 spiro atoms. The molecule has 2 aromatic carbocycles. The molecule has 1 unspecified atom stereocenters. The summed E-state index contributed by atoms with van der Waals surface area (Å²) in [6.07, 6.45) is -0.381. The highest BCUT2D eigenvalue weighted by Gasteiger charge is 2.40. The van der Waals surface area contributed by atoms with E-state index in [9.17, 15) is 4.57 Å². The van der Waals surface area contributed by atoms with Gasteiger partial charge in [0.05, 0.1) is 18.9 Å². The van der Waals surface area contributed by atoms with Crippen LogP contribution in [0.1, 0.15) is 31.2 Å². The Bertz CT molecular complexity index is 977. The number of aromatic nitrogens is 2. The fourth-order valence-electron chi connectivity index (χ4n) is 3.32. The van der Waals surface area contributed by atoms with Crippen molar-refractivity contribution in [3.63, 3.8) is 0 Å². The van der Waals surface area contributed by atoms with Crippen molar-refractivity contribution in [1.82, 2.24) is 10.2 Å². The predicted octanol–water partition coefficient (Wildman–Crippen LogP) is 4.45. The summed E-state index contributed by atoms with van der Waals surface area (Å²) in [6.45, 7) is 4.10. The zero-order valence-corrected chi connectivity index (χ0v) is 16.1. The maximum Gasteiger partial charge on any atom is 0.382 e. The summed E-state index contributed by atoms with van der Waals surface area (Å²) < 4.78 is 30.8. The number of fused-ring (bicyclic) bond motifs is 3. The lowest BCUT2D eigenvalue weighted by atomic mass is 9.95. The van der Waals surface area contributed by atoms with Gasteiger partial charge in [0.2, 0.25) is 0 Å². The van der Waals surface area contributed by atoms with Gasteiger partial charge in [-0.15, -0.1) is 0 Å². The van der Waals surface area contributed by atoms with E-state index >= 15 is 0 Å². The maximum atomic E-state index is 13.4. The summed E-state index contributed by atoms with van der Waals surface area (Å²) in [4.78, 5) is 0. The molecule has 1 aliphatic rings. The van der Waals surface area contributed by atoms with Gasteiger partial charge >= 0.3 is 7.60 Å². The Morgan fingerprint density at radius 2 is 1.70 bits per heavy atom. The minimum absolute atomic E-state index is 0.263. The molecule has 7 heteroatoms. The fourth-order valence-corrected chi connectivity index (χ4v) is 5.01. The summed E-state index contributed by atoms with van der Waals surface area (Å²) >= 11 is 0. The highest BCUT2D eigenvalue weighted by molar-refractivity contribution is 7.62. The van der Waals surface area contributed by atoms with E-state index in [-0.39, 0.29) is 19.3 Å². The molecule has 0 fully saturated rings. The van der Waals surface area contributed by atoms with Crippen LogP contribution < -0.4 is 10.2 Å². The quantitative estimate of drug-likeness (QED) is 0.636. The molecule has 0 saturated heterocycles. The number of hydrogen-bond donors (Lipinski definition) is 1. The molecule has 6 nitrogen and oxygen atoms in total. The van der Waals surface area contributed by atoms with Crippen molar-refractivity contribution in [2.24, 2.45) is 0 Å². The fraction of sp³-hybridized carbons (Fsp3) is 0.250. The lowest BCUT2D eigenvalue weighted by Gasteiger charge is -2.27. The third kappa shape index (κ3) is 3.10. The molecule has 1 atom stereocenters. The Kier molecular flexibility index (Phi) is 4.87. The minimum Gasteiger partial charge on any atom is -0.479 e. The average molecular weight is 384 g/mol. The SMILES string of the molecule is CCOP(=O)(OCC)c1n[nH]c2c1-c1ccccc1OC2c1ccccc1. The summed E-state index contributed by atoms with van der Waals surface area (Å²) in [5.41, 5.74) is 3.58. The second kappa shape index (κ2) is 7.31. The van der Waals surface area contributed by atoms with Crippen LogP contribution in [0.25, 0.3) is 11.1 Å². The van der Waals surface area contributed by atoms with Crippen LogP contribution in [0.4, 0.5) is 0 Å². The van der Waals surface area contributed by atoms with Crippen molar-refractivity contribution in [2.45, 2.75) is 20.0 Å². The number of nitrogens with zero attached hydrogens (tertiary/aromatic N) is 1. The van der Waals surface area contributed by atoms with Crippen LogP contribution in [0, 0.1) is 0 Å². The van der Waals surface area contributed by atoms with E-state index in [0.29, 0.717) is 11.2 Å². The van der Waals surface area contributed by atoms with Crippen LogP contribution in [-0.4, -0.2) is 23.4 Å². The molecule has 4 rings (SSSR count). The first-order chi connectivity index (χ1) is 13.2. The zero-order valence-electron chi connectivity index (χ0n) is 15.2. The highest BCUT2D eigenvalue weighted by Crippen LogP contribution is 2.52. The number of H-pyrrole nitrogens is 1. The first kappa shape index (κ1) is 18.0. The van der Waals surface area contributed by atoms with Gasteiger partial charge in [0.15, 0.2) is 11.5 Å². The van der Waals surface area contributed by atoms with Crippen molar-refractivity contribution in [3.05, 3.63) is 65.9 Å². The summed E-state index contributed by atoms with van der Waals surface area (Å²) in [7, 11) is -3.56. The second-order valence-corrected chi connectivity index (χ2v) is 8.01. The Labute approximate surface area is 158 Å². The maximum absolute atomic E-state index is 13.4. The van der Waals surface area contributed by atoms with Crippen LogP contribution in [-0.2, 0) is 13.6 Å². The van der Waals surface area contributed by atoms with Crippen molar-refractivity contribution >= 4 is 13.0 Å². The third-order valence-corrected chi connectivity index (χ3v) is 6.44. The average Bonchev–Trinajstić information content (AvgIpc) is 3.15. The first-order valence-corrected chi connectivity index (χ1v) is 10.5. The number of benzene rings is 2. The molecule has 1 aliphatic heterocycles. The van der Waals surface area contributed by atoms with Crippen LogP contribution in [0.15, 0.2) is 54.6 Å². The molecule has 3 aromatic rings. The Morgan fingerprint density at radius 3 is 2.41 bits per heavy atom. The largest absolute Gasteiger partial charge is 0.479 e. The highest BCUT2D eigenvalue weighted by atomic mass is 31.2. The lowest BCUT2D eigenvalue weighted by molar-refractivity contribution is 0.229. The number of nitrogens with one attached hydrogen (secondary N) is 1. The van der Waals surface area contributed by atoms with Gasteiger partial charge in [-0.3, -0.25) is 9.66 Å². The summed E-state index contributed by atoms with van der Waals surface area (Å²) in [5.74, 6) is 0.709. The van der Waals surface area contributed by atoms with Crippen molar-refractivity contribution in [1.29, 1.82) is 0 Å². The van der Waals surface area contributed by atoms with Crippen LogP contribution >= 0.6 is 7.60 Å². The molecule has 0 amide bonds. The van der Waals surface area contributed by atoms with Gasteiger partial charge in [-0.2, -0.15) is 5.10 Å². The van der Waals surface area contributed by atoms with E-state index < -0.39 is 7.60 Å². The van der Waals surface area contributed by atoms with E-state index in [1.165, 1.54) is 0 Å². The van der Waals surface area contributed by atoms with Crippen molar-refractivity contribution in [2.75, 3.05) is 13.2 Å². The molecule has 1 aromatic heterocycles. The third-order valence-electron chi connectivity index (χ3n) is 4.40. The smallest absolute Gasteiger partial charge is 0.382 e. The van der Waals surface area contributed by atoms with E-state index in [1.807, 2.05) is 54.6 Å². The molecular weight excluding hydrogens is 363 g/mol. The summed E-state index contributed by atoms with van der Waals surface area (Å²) in [6, 6.07) is 17.5. The molecule has 0 saturated carbocycles. The normalized spacial score (nSPS) is 15.7. The van der Waals surface area contributed by atoms with Gasteiger partial charge in [-0.05, 0) is 25.5 Å². The van der Waals surface area contributed by atoms with Gasteiger partial charge in [-0.1, -0.05) is 48.5 Å². The van der Waals surface area contributed by atoms with Crippen LogP contribution in [0.2, 0.25) is 0 Å². The lowest BCUT2D eigenvalue weighted by Crippen LogP contribution is -2.19. The molecule has 1 N–H and O–H groups in total. The number of rotatable bonds is 6.